The average Bonchev–Trinajstić information content (AvgIpc) is 2.02. The number of nitrogens with two attached hydrogens (primary N) is 1. The first-order valence-electron chi connectivity index (χ1n) is 3.46. The summed E-state index contributed by atoms with van der Waals surface area (Å²) >= 11 is 0. The Bertz CT molecular complexity index is 308. The third kappa shape index (κ3) is 1.82. The quantitative estimate of drug-likeness (QED) is 0.710. The van der Waals surface area contributed by atoms with Gasteiger partial charge in [0, 0.05) is 13.2 Å². The second-order valence-corrected chi connectivity index (χ2v) is 2.37. The van der Waals surface area contributed by atoms with E-state index in [1.165, 1.54) is 7.05 Å². The smallest absolute Gasteiger partial charge is 0.385 e. The van der Waals surface area contributed by atoms with E-state index in [1.807, 2.05) is 0 Å². The van der Waals surface area contributed by atoms with Crippen molar-refractivity contribution in [1.82, 2.24) is 4.98 Å². The number of aromatic nitrogens is 1. The van der Waals surface area contributed by atoms with Crippen LogP contribution in [0.2, 0.25) is 0 Å². The summed E-state index contributed by atoms with van der Waals surface area (Å²) in [6.45, 7) is 0. The Morgan fingerprint density at radius 1 is 1.46 bits per heavy atom. The minimum atomic E-state index is -4.41. The molecular formula is C7H8F3N3. The number of hydrogen-bond acceptors (Lipinski definition) is 3. The number of hydrogen-bond donors (Lipinski definition) is 2. The fourth-order valence-corrected chi connectivity index (χ4v) is 0.977. The maximum absolute atomic E-state index is 12.3. The van der Waals surface area contributed by atoms with Crippen molar-refractivity contribution in [3.05, 3.63) is 17.8 Å². The number of nitrogens with one attached hydrogen (secondary N) is 1. The van der Waals surface area contributed by atoms with E-state index in [4.69, 9.17) is 5.73 Å². The molecule has 6 heteroatoms. The Balaban J connectivity index is 3.29. The highest BCUT2D eigenvalue weighted by molar-refractivity contribution is 5.66. The summed E-state index contributed by atoms with van der Waals surface area (Å²) in [5.41, 5.74) is 4.27. The predicted octanol–water partition coefficient (Wildman–Crippen LogP) is 1.72. The molecule has 0 fully saturated rings. The van der Waals surface area contributed by atoms with Crippen LogP contribution in [-0.4, -0.2) is 12.0 Å². The van der Waals surface area contributed by atoms with Gasteiger partial charge < -0.3 is 11.1 Å². The molecule has 1 aromatic rings. The minimum Gasteiger partial charge on any atom is -0.385 e. The van der Waals surface area contributed by atoms with Gasteiger partial charge >= 0.3 is 6.18 Å². The van der Waals surface area contributed by atoms with Crippen LogP contribution in [0.15, 0.2) is 12.3 Å². The van der Waals surface area contributed by atoms with Crippen molar-refractivity contribution < 1.29 is 13.2 Å². The van der Waals surface area contributed by atoms with E-state index in [2.05, 4.69) is 10.3 Å². The second-order valence-electron chi connectivity index (χ2n) is 2.37. The van der Waals surface area contributed by atoms with Crippen LogP contribution in [0.5, 0.6) is 0 Å². The van der Waals surface area contributed by atoms with Gasteiger partial charge in [0.1, 0.15) is 5.82 Å². The second kappa shape index (κ2) is 3.12. The molecule has 0 amide bonds. The maximum Gasteiger partial charge on any atom is 0.418 e. The molecule has 0 spiro atoms. The summed E-state index contributed by atoms with van der Waals surface area (Å²) in [4.78, 5) is 3.54. The predicted molar refractivity (Wildman–Crippen MR) is 43.2 cm³/mol. The Labute approximate surface area is 72.8 Å². The first-order valence-corrected chi connectivity index (χ1v) is 3.46. The van der Waals surface area contributed by atoms with E-state index in [9.17, 15) is 13.2 Å². The molecule has 72 valence electrons. The normalized spacial score (nSPS) is 11.4. The van der Waals surface area contributed by atoms with Crippen molar-refractivity contribution in [3.63, 3.8) is 0 Å². The third-order valence-corrected chi connectivity index (χ3v) is 1.54. The van der Waals surface area contributed by atoms with Gasteiger partial charge in [-0.05, 0) is 6.07 Å². The molecule has 0 aliphatic heterocycles. The summed E-state index contributed by atoms with van der Waals surface area (Å²) in [5.74, 6) is -0.155. The van der Waals surface area contributed by atoms with Gasteiger partial charge in [-0.15, -0.1) is 0 Å². The molecule has 0 aliphatic rings. The molecule has 0 aromatic carbocycles. The first kappa shape index (κ1) is 9.63. The lowest BCUT2D eigenvalue weighted by Crippen LogP contribution is -2.11. The Kier molecular flexibility index (Phi) is 2.31. The third-order valence-electron chi connectivity index (χ3n) is 1.54. The van der Waals surface area contributed by atoms with Gasteiger partial charge in [0.15, 0.2) is 0 Å². The summed E-state index contributed by atoms with van der Waals surface area (Å²) in [6.07, 6.45) is -3.38. The molecule has 0 atom stereocenters. The Hall–Kier alpha value is -1.46. The topological polar surface area (TPSA) is 50.9 Å². The SMILES string of the molecule is CNc1c(C(F)(F)F)ccnc1N. The van der Waals surface area contributed by atoms with E-state index in [0.717, 1.165) is 12.3 Å². The van der Waals surface area contributed by atoms with E-state index < -0.39 is 11.7 Å². The van der Waals surface area contributed by atoms with Crippen molar-refractivity contribution in [1.29, 1.82) is 0 Å². The molecule has 0 saturated carbocycles. The molecule has 1 aromatic heterocycles. The monoisotopic (exact) mass is 191 g/mol. The lowest BCUT2D eigenvalue weighted by atomic mass is 10.2. The van der Waals surface area contributed by atoms with Crippen LogP contribution < -0.4 is 11.1 Å². The van der Waals surface area contributed by atoms with Gasteiger partial charge in [-0.25, -0.2) is 4.98 Å². The molecule has 3 N–H and O–H groups in total. The molecule has 0 unspecified atom stereocenters. The maximum atomic E-state index is 12.3. The Morgan fingerprint density at radius 2 is 2.08 bits per heavy atom. The molecular weight excluding hydrogens is 183 g/mol. The highest BCUT2D eigenvalue weighted by Gasteiger charge is 2.34. The number of pyridine rings is 1. The molecule has 1 rings (SSSR count). The number of anilines is 2. The van der Waals surface area contributed by atoms with Crippen LogP contribution in [0.1, 0.15) is 5.56 Å². The minimum absolute atomic E-state index is 0.155. The van der Waals surface area contributed by atoms with E-state index >= 15 is 0 Å². The number of nitrogen functional groups attached to an aromatic ring is 1. The van der Waals surface area contributed by atoms with E-state index in [-0.39, 0.29) is 11.5 Å². The van der Waals surface area contributed by atoms with Crippen molar-refractivity contribution in [2.45, 2.75) is 6.18 Å². The first-order chi connectivity index (χ1) is 5.96. The highest BCUT2D eigenvalue weighted by Crippen LogP contribution is 2.36. The van der Waals surface area contributed by atoms with Gasteiger partial charge in [-0.2, -0.15) is 13.2 Å². The average molecular weight is 191 g/mol. The van der Waals surface area contributed by atoms with Gasteiger partial charge in [-0.3, -0.25) is 0 Å². The van der Waals surface area contributed by atoms with Gasteiger partial charge in [0.2, 0.25) is 0 Å². The zero-order chi connectivity index (χ0) is 10.1. The van der Waals surface area contributed by atoms with E-state index in [1.54, 1.807) is 0 Å². The zero-order valence-corrected chi connectivity index (χ0v) is 6.81. The van der Waals surface area contributed by atoms with Crippen LogP contribution in [-0.2, 0) is 6.18 Å². The summed E-state index contributed by atoms with van der Waals surface area (Å²) in [7, 11) is 1.36. The Morgan fingerprint density at radius 3 is 2.46 bits per heavy atom. The lowest BCUT2D eigenvalue weighted by Gasteiger charge is -2.12. The van der Waals surface area contributed by atoms with Gasteiger partial charge in [-0.1, -0.05) is 0 Å². The summed E-state index contributed by atoms with van der Waals surface area (Å²) in [5, 5.41) is 2.36. The molecule has 1 heterocycles. The molecule has 0 aliphatic carbocycles. The number of halogens is 3. The molecule has 3 nitrogen and oxygen atoms in total. The molecule has 0 saturated heterocycles. The number of rotatable bonds is 1. The van der Waals surface area contributed by atoms with Gasteiger partial charge in [0.25, 0.3) is 0 Å². The van der Waals surface area contributed by atoms with Gasteiger partial charge in [0.05, 0.1) is 11.3 Å². The number of alkyl halides is 3. The highest BCUT2D eigenvalue weighted by atomic mass is 19.4. The van der Waals surface area contributed by atoms with Crippen LogP contribution in [0.4, 0.5) is 24.7 Å². The molecule has 0 radical (unpaired) electrons. The lowest BCUT2D eigenvalue weighted by molar-refractivity contribution is -0.136. The number of nitrogens with zero attached hydrogens (tertiary/aromatic N) is 1. The van der Waals surface area contributed by atoms with Crippen molar-refractivity contribution in [3.8, 4) is 0 Å². The summed E-state index contributed by atoms with van der Waals surface area (Å²) in [6, 6.07) is 0.877. The standard InChI is InChI=1S/C7H8F3N3/c1-12-5-4(7(8,9)10)2-3-13-6(5)11/h2-3,12H,1H3,(H2,11,13). The van der Waals surface area contributed by atoms with Crippen molar-refractivity contribution in [2.75, 3.05) is 18.1 Å². The van der Waals surface area contributed by atoms with Crippen LogP contribution in [0.3, 0.4) is 0 Å². The van der Waals surface area contributed by atoms with Crippen molar-refractivity contribution in [2.24, 2.45) is 0 Å². The largest absolute Gasteiger partial charge is 0.418 e. The van der Waals surface area contributed by atoms with E-state index in [0.29, 0.717) is 0 Å². The van der Waals surface area contributed by atoms with Crippen LogP contribution in [0, 0.1) is 0 Å². The van der Waals surface area contributed by atoms with Crippen LogP contribution >= 0.6 is 0 Å². The van der Waals surface area contributed by atoms with Crippen LogP contribution in [0.25, 0.3) is 0 Å². The fourth-order valence-electron chi connectivity index (χ4n) is 0.977. The molecule has 0 bridgehead atoms. The zero-order valence-electron chi connectivity index (χ0n) is 6.81. The molecule has 13 heavy (non-hydrogen) atoms. The fraction of sp³-hybridized carbons (Fsp3) is 0.286. The summed E-state index contributed by atoms with van der Waals surface area (Å²) < 4.78 is 36.9. The van der Waals surface area contributed by atoms with Crippen molar-refractivity contribution >= 4 is 11.5 Å².